The highest BCUT2D eigenvalue weighted by atomic mass is 16.5. The fourth-order valence-corrected chi connectivity index (χ4v) is 4.34. The number of methoxy groups -OCH3 is 1. The van der Waals surface area contributed by atoms with E-state index >= 15 is 0 Å². The third kappa shape index (κ3) is 3.85. The maximum absolute atomic E-state index is 12.9. The van der Waals surface area contributed by atoms with Crippen molar-refractivity contribution in [3.05, 3.63) is 60.2 Å². The van der Waals surface area contributed by atoms with Gasteiger partial charge >= 0.3 is 0 Å². The van der Waals surface area contributed by atoms with Gasteiger partial charge in [-0.1, -0.05) is 30.3 Å². The lowest BCUT2D eigenvalue weighted by Gasteiger charge is -2.46. The molecule has 1 spiro atoms. The highest BCUT2D eigenvalue weighted by Gasteiger charge is 2.48. The summed E-state index contributed by atoms with van der Waals surface area (Å²) in [7, 11) is 3.63. The summed E-state index contributed by atoms with van der Waals surface area (Å²) in [6.45, 7) is 2.35. The van der Waals surface area contributed by atoms with E-state index in [0.717, 1.165) is 30.0 Å². The molecule has 6 nitrogen and oxygen atoms in total. The Morgan fingerprint density at radius 1 is 1.07 bits per heavy atom. The summed E-state index contributed by atoms with van der Waals surface area (Å²) in [5.41, 5.74) is 1.71. The molecule has 0 aliphatic carbocycles. The third-order valence-corrected chi connectivity index (χ3v) is 6.20. The van der Waals surface area contributed by atoms with E-state index in [0.29, 0.717) is 26.1 Å². The van der Waals surface area contributed by atoms with Crippen molar-refractivity contribution in [3.8, 4) is 5.75 Å². The molecule has 2 amide bonds. The molecule has 0 saturated carbocycles. The van der Waals surface area contributed by atoms with Crippen LogP contribution in [0.2, 0.25) is 0 Å². The molecule has 0 N–H and O–H groups in total. The Morgan fingerprint density at radius 2 is 1.79 bits per heavy atom. The van der Waals surface area contributed by atoms with Crippen molar-refractivity contribution in [1.29, 1.82) is 0 Å². The number of likely N-dealkylation sites (N-methyl/N-ethyl adjacent to an activating group) is 1. The molecule has 2 aromatic rings. The predicted octanol–water partition coefficient (Wildman–Crippen LogP) is 2.19. The summed E-state index contributed by atoms with van der Waals surface area (Å²) < 4.78 is 5.18. The van der Waals surface area contributed by atoms with Gasteiger partial charge in [0.25, 0.3) is 0 Å². The van der Waals surface area contributed by atoms with Gasteiger partial charge in [-0.05, 0) is 43.3 Å². The number of hydrogen-bond acceptors (Lipinski definition) is 4. The lowest BCUT2D eigenvalue weighted by Crippen LogP contribution is -2.64. The molecule has 0 radical (unpaired) electrons. The summed E-state index contributed by atoms with van der Waals surface area (Å²) in [4.78, 5) is 31.5. The van der Waals surface area contributed by atoms with E-state index in [1.54, 1.807) is 7.11 Å². The van der Waals surface area contributed by atoms with Crippen LogP contribution in [0.25, 0.3) is 0 Å². The van der Waals surface area contributed by atoms with Crippen molar-refractivity contribution < 1.29 is 14.3 Å². The van der Waals surface area contributed by atoms with E-state index in [9.17, 15) is 9.59 Å². The van der Waals surface area contributed by atoms with E-state index in [2.05, 4.69) is 4.90 Å². The van der Waals surface area contributed by atoms with Crippen LogP contribution in [-0.2, 0) is 16.0 Å². The SMILES string of the molecule is COc1ccc(CC(=O)N2CCC3(C2)CN(c2ccccc2)C(=O)CN3C)cc1. The summed E-state index contributed by atoms with van der Waals surface area (Å²) >= 11 is 0. The second-order valence-corrected chi connectivity index (χ2v) is 7.99. The van der Waals surface area contributed by atoms with Gasteiger partial charge in [-0.15, -0.1) is 0 Å². The minimum absolute atomic E-state index is 0.104. The van der Waals surface area contributed by atoms with Crippen LogP contribution in [0.1, 0.15) is 12.0 Å². The van der Waals surface area contributed by atoms with Crippen molar-refractivity contribution in [2.24, 2.45) is 0 Å². The molecule has 2 fully saturated rings. The van der Waals surface area contributed by atoms with Gasteiger partial charge in [-0.25, -0.2) is 0 Å². The van der Waals surface area contributed by atoms with Crippen molar-refractivity contribution in [3.63, 3.8) is 0 Å². The maximum Gasteiger partial charge on any atom is 0.241 e. The Kier molecular flexibility index (Phi) is 5.28. The van der Waals surface area contributed by atoms with Gasteiger partial charge in [-0.3, -0.25) is 14.5 Å². The Balaban J connectivity index is 1.46. The van der Waals surface area contributed by atoms with Crippen LogP contribution in [-0.4, -0.2) is 67.5 Å². The number of carbonyl (C=O) groups is 2. The second kappa shape index (κ2) is 7.87. The number of piperazine rings is 1. The molecule has 29 heavy (non-hydrogen) atoms. The molecule has 2 saturated heterocycles. The average Bonchev–Trinajstić information content (AvgIpc) is 3.18. The summed E-state index contributed by atoms with van der Waals surface area (Å²) in [5.74, 6) is 1.02. The molecule has 1 atom stereocenters. The van der Waals surface area contributed by atoms with E-state index in [-0.39, 0.29) is 17.4 Å². The van der Waals surface area contributed by atoms with Gasteiger partial charge in [-0.2, -0.15) is 0 Å². The molecule has 4 rings (SSSR count). The minimum Gasteiger partial charge on any atom is -0.497 e. The first-order chi connectivity index (χ1) is 14.0. The van der Waals surface area contributed by atoms with Crippen LogP contribution in [0, 0.1) is 0 Å². The molecular weight excluding hydrogens is 366 g/mol. The van der Waals surface area contributed by atoms with Crippen LogP contribution >= 0.6 is 0 Å². The fourth-order valence-electron chi connectivity index (χ4n) is 4.34. The number of amides is 2. The van der Waals surface area contributed by atoms with Crippen LogP contribution in [0.15, 0.2) is 54.6 Å². The van der Waals surface area contributed by atoms with Gasteiger partial charge in [0, 0.05) is 25.3 Å². The van der Waals surface area contributed by atoms with Gasteiger partial charge in [0.1, 0.15) is 5.75 Å². The van der Waals surface area contributed by atoms with Crippen molar-refractivity contribution in [2.75, 3.05) is 45.2 Å². The number of hydrogen-bond donors (Lipinski definition) is 0. The zero-order valence-electron chi connectivity index (χ0n) is 17.0. The Bertz CT molecular complexity index is 884. The molecule has 2 heterocycles. The summed E-state index contributed by atoms with van der Waals surface area (Å²) in [6.07, 6.45) is 1.25. The highest BCUT2D eigenvalue weighted by Crippen LogP contribution is 2.33. The number of nitrogens with zero attached hydrogens (tertiary/aromatic N) is 3. The van der Waals surface area contributed by atoms with E-state index in [4.69, 9.17) is 4.74 Å². The molecule has 0 aromatic heterocycles. The van der Waals surface area contributed by atoms with Gasteiger partial charge < -0.3 is 14.5 Å². The average molecular weight is 393 g/mol. The lowest BCUT2D eigenvalue weighted by atomic mass is 9.92. The molecule has 2 aliphatic heterocycles. The molecular formula is C23H27N3O3. The first kappa shape index (κ1) is 19.5. The standard InChI is InChI=1S/C23H27N3O3/c1-24-15-22(28)26(19-6-4-3-5-7-19)17-23(24)12-13-25(16-23)21(27)14-18-8-10-20(29-2)11-9-18/h3-11H,12-17H2,1-2H3. The predicted molar refractivity (Wildman–Crippen MR) is 112 cm³/mol. The largest absolute Gasteiger partial charge is 0.497 e. The minimum atomic E-state index is -0.195. The van der Waals surface area contributed by atoms with Gasteiger partial charge in [0.05, 0.1) is 25.6 Å². The number of rotatable bonds is 4. The number of anilines is 1. The van der Waals surface area contributed by atoms with E-state index in [1.165, 1.54) is 0 Å². The van der Waals surface area contributed by atoms with Crippen LogP contribution in [0.3, 0.4) is 0 Å². The quantitative estimate of drug-likeness (QED) is 0.799. The monoisotopic (exact) mass is 393 g/mol. The van der Waals surface area contributed by atoms with Gasteiger partial charge in [0.2, 0.25) is 11.8 Å². The lowest BCUT2D eigenvalue weighted by molar-refractivity contribution is -0.130. The number of benzene rings is 2. The Hall–Kier alpha value is -2.86. The van der Waals surface area contributed by atoms with Gasteiger partial charge in [0.15, 0.2) is 0 Å². The molecule has 152 valence electrons. The normalized spacial score (nSPS) is 22.3. The van der Waals surface area contributed by atoms with E-state index in [1.807, 2.05) is 71.4 Å². The van der Waals surface area contributed by atoms with Crippen LogP contribution < -0.4 is 9.64 Å². The van der Waals surface area contributed by atoms with Crippen molar-refractivity contribution >= 4 is 17.5 Å². The number of ether oxygens (including phenoxy) is 1. The van der Waals surface area contributed by atoms with E-state index < -0.39 is 0 Å². The topological polar surface area (TPSA) is 53.1 Å². The zero-order valence-corrected chi connectivity index (χ0v) is 17.0. The summed E-state index contributed by atoms with van der Waals surface area (Å²) in [6, 6.07) is 17.4. The summed E-state index contributed by atoms with van der Waals surface area (Å²) in [5, 5.41) is 0. The van der Waals surface area contributed by atoms with Crippen molar-refractivity contribution in [2.45, 2.75) is 18.4 Å². The first-order valence-corrected chi connectivity index (χ1v) is 9.98. The third-order valence-electron chi connectivity index (χ3n) is 6.20. The number of likely N-dealkylation sites (tertiary alicyclic amines) is 1. The Morgan fingerprint density at radius 3 is 2.48 bits per heavy atom. The molecule has 2 aromatic carbocycles. The second-order valence-electron chi connectivity index (χ2n) is 7.99. The zero-order chi connectivity index (χ0) is 20.4. The molecule has 2 aliphatic rings. The maximum atomic E-state index is 12.9. The smallest absolute Gasteiger partial charge is 0.241 e. The van der Waals surface area contributed by atoms with Crippen molar-refractivity contribution in [1.82, 2.24) is 9.80 Å². The first-order valence-electron chi connectivity index (χ1n) is 9.98. The number of para-hydroxylation sites is 1. The molecule has 6 heteroatoms. The highest BCUT2D eigenvalue weighted by molar-refractivity contribution is 5.96. The van der Waals surface area contributed by atoms with Crippen LogP contribution in [0.5, 0.6) is 5.75 Å². The van der Waals surface area contributed by atoms with Crippen LogP contribution in [0.4, 0.5) is 5.69 Å². The fraction of sp³-hybridized carbons (Fsp3) is 0.391. The molecule has 0 bridgehead atoms. The number of carbonyl (C=O) groups excluding carboxylic acids is 2. The molecule has 1 unspecified atom stereocenters. The Labute approximate surface area is 171 Å².